The number of rotatable bonds is 4. The van der Waals surface area contributed by atoms with E-state index < -0.39 is 6.04 Å². The van der Waals surface area contributed by atoms with E-state index in [0.29, 0.717) is 30.9 Å². The molecule has 1 aromatic carbocycles. The van der Waals surface area contributed by atoms with Crippen LogP contribution < -0.4 is 5.32 Å². The lowest BCUT2D eigenvalue weighted by atomic mass is 10.0. The number of halogens is 1. The zero-order valence-corrected chi connectivity index (χ0v) is 13.4. The predicted octanol–water partition coefficient (Wildman–Crippen LogP) is 1.75. The Morgan fingerprint density at radius 2 is 2.08 bits per heavy atom. The second-order valence-electron chi connectivity index (χ2n) is 5.68. The summed E-state index contributed by atoms with van der Waals surface area (Å²) in [6.07, 6.45) is 2.43. The predicted molar refractivity (Wildman–Crippen MR) is 85.7 cm³/mol. The molecule has 1 saturated heterocycles. The van der Waals surface area contributed by atoms with Crippen molar-refractivity contribution >= 4 is 11.8 Å². The summed E-state index contributed by atoms with van der Waals surface area (Å²) in [5.41, 5.74) is 1.04. The van der Waals surface area contributed by atoms with Crippen molar-refractivity contribution < 1.29 is 14.0 Å². The molecule has 1 N–H and O–H groups in total. The number of nitrogens with one attached hydrogen (secondary N) is 1. The minimum absolute atomic E-state index is 0.245. The highest BCUT2D eigenvalue weighted by Crippen LogP contribution is 2.25. The van der Waals surface area contributed by atoms with Crippen molar-refractivity contribution in [2.45, 2.75) is 25.9 Å². The first-order valence-electron chi connectivity index (χ1n) is 7.97. The fourth-order valence-electron chi connectivity index (χ4n) is 2.91. The molecular weight excluding hydrogens is 311 g/mol. The number of carbonyl (C=O) groups excluding carboxylic acids is 2. The summed E-state index contributed by atoms with van der Waals surface area (Å²) in [6.45, 7) is 3.43. The van der Waals surface area contributed by atoms with E-state index in [-0.39, 0.29) is 17.6 Å². The number of aromatic nitrogens is 2. The average molecular weight is 330 g/mol. The molecular formula is C17H19FN4O2. The van der Waals surface area contributed by atoms with Gasteiger partial charge in [-0.3, -0.25) is 14.3 Å². The topological polar surface area (TPSA) is 67.2 Å². The van der Waals surface area contributed by atoms with Gasteiger partial charge in [-0.15, -0.1) is 0 Å². The van der Waals surface area contributed by atoms with Crippen molar-refractivity contribution in [2.75, 3.05) is 13.1 Å². The fourth-order valence-corrected chi connectivity index (χ4v) is 2.91. The van der Waals surface area contributed by atoms with Crippen LogP contribution in [0.15, 0.2) is 36.5 Å². The molecule has 0 spiro atoms. The summed E-state index contributed by atoms with van der Waals surface area (Å²) in [6, 6.07) is 6.55. The first kappa shape index (κ1) is 16.2. The third-order valence-electron chi connectivity index (χ3n) is 4.03. The van der Waals surface area contributed by atoms with Crippen LogP contribution in [0.1, 0.15) is 35.4 Å². The summed E-state index contributed by atoms with van der Waals surface area (Å²) in [7, 11) is 0. The molecule has 6 nitrogen and oxygen atoms in total. The number of piperazine rings is 1. The van der Waals surface area contributed by atoms with E-state index in [2.05, 4.69) is 10.4 Å². The van der Waals surface area contributed by atoms with Gasteiger partial charge in [0.05, 0.1) is 0 Å². The first-order chi connectivity index (χ1) is 11.6. The standard InChI is InChI=1S/C17H19FN4O2/c1-2-10-22-14(7-8-20-22)17(24)21-11-9-19-16(23)15(21)12-3-5-13(18)6-4-12/h3-8,15H,2,9-11H2,1H3,(H,19,23)/t15-/m1/s1. The molecule has 1 fully saturated rings. The van der Waals surface area contributed by atoms with Gasteiger partial charge in [0.25, 0.3) is 5.91 Å². The molecule has 7 heteroatoms. The van der Waals surface area contributed by atoms with Crippen LogP contribution >= 0.6 is 0 Å². The number of hydrogen-bond donors (Lipinski definition) is 1. The van der Waals surface area contributed by atoms with E-state index >= 15 is 0 Å². The van der Waals surface area contributed by atoms with Crippen LogP contribution in [0, 0.1) is 5.82 Å². The van der Waals surface area contributed by atoms with E-state index in [1.807, 2.05) is 6.92 Å². The van der Waals surface area contributed by atoms with Crippen molar-refractivity contribution in [3.8, 4) is 0 Å². The fraction of sp³-hybridized carbons (Fsp3) is 0.353. The highest BCUT2D eigenvalue weighted by molar-refractivity contribution is 5.97. The van der Waals surface area contributed by atoms with Crippen molar-refractivity contribution in [3.63, 3.8) is 0 Å². The largest absolute Gasteiger partial charge is 0.352 e. The number of hydrogen-bond acceptors (Lipinski definition) is 3. The molecule has 1 aliphatic rings. The van der Waals surface area contributed by atoms with Gasteiger partial charge in [-0.1, -0.05) is 19.1 Å². The van der Waals surface area contributed by atoms with E-state index in [4.69, 9.17) is 0 Å². The van der Waals surface area contributed by atoms with Crippen LogP contribution in [-0.2, 0) is 11.3 Å². The molecule has 2 aromatic rings. The zero-order valence-electron chi connectivity index (χ0n) is 13.4. The van der Waals surface area contributed by atoms with Gasteiger partial charge in [-0.25, -0.2) is 4.39 Å². The number of aryl methyl sites for hydroxylation is 1. The molecule has 0 unspecified atom stereocenters. The summed E-state index contributed by atoms with van der Waals surface area (Å²) in [4.78, 5) is 26.8. The maximum absolute atomic E-state index is 13.2. The lowest BCUT2D eigenvalue weighted by Crippen LogP contribution is -2.52. The minimum Gasteiger partial charge on any atom is -0.352 e. The molecule has 0 bridgehead atoms. The van der Waals surface area contributed by atoms with Gasteiger partial charge in [0.15, 0.2) is 0 Å². The van der Waals surface area contributed by atoms with Gasteiger partial charge >= 0.3 is 0 Å². The molecule has 0 saturated carbocycles. The molecule has 0 aliphatic carbocycles. The highest BCUT2D eigenvalue weighted by atomic mass is 19.1. The molecule has 24 heavy (non-hydrogen) atoms. The molecule has 3 rings (SSSR count). The minimum atomic E-state index is -0.767. The quantitative estimate of drug-likeness (QED) is 0.929. The maximum Gasteiger partial charge on any atom is 0.273 e. The van der Waals surface area contributed by atoms with E-state index in [1.165, 1.54) is 29.2 Å². The van der Waals surface area contributed by atoms with Crippen molar-refractivity contribution in [3.05, 3.63) is 53.6 Å². The number of nitrogens with zero attached hydrogens (tertiary/aromatic N) is 3. The van der Waals surface area contributed by atoms with E-state index in [9.17, 15) is 14.0 Å². The van der Waals surface area contributed by atoms with Crippen molar-refractivity contribution in [1.82, 2.24) is 20.0 Å². The van der Waals surface area contributed by atoms with E-state index in [0.717, 1.165) is 6.42 Å². The lowest BCUT2D eigenvalue weighted by Gasteiger charge is -2.35. The lowest BCUT2D eigenvalue weighted by molar-refractivity contribution is -0.128. The Labute approximate surface area is 139 Å². The summed E-state index contributed by atoms with van der Waals surface area (Å²) >= 11 is 0. The van der Waals surface area contributed by atoms with E-state index in [1.54, 1.807) is 16.9 Å². The Kier molecular flexibility index (Phi) is 4.59. The summed E-state index contributed by atoms with van der Waals surface area (Å²) in [5, 5.41) is 6.94. The monoisotopic (exact) mass is 330 g/mol. The number of carbonyl (C=O) groups is 2. The van der Waals surface area contributed by atoms with Crippen molar-refractivity contribution in [2.24, 2.45) is 0 Å². The Bertz CT molecular complexity index is 741. The van der Waals surface area contributed by atoms with Crippen LogP contribution in [0.4, 0.5) is 4.39 Å². The third kappa shape index (κ3) is 3.02. The van der Waals surface area contributed by atoms with Gasteiger partial charge in [0, 0.05) is 25.8 Å². The highest BCUT2D eigenvalue weighted by Gasteiger charge is 2.35. The summed E-state index contributed by atoms with van der Waals surface area (Å²) < 4.78 is 14.8. The van der Waals surface area contributed by atoms with Gasteiger partial charge in [0.2, 0.25) is 5.91 Å². The van der Waals surface area contributed by atoms with Gasteiger partial charge in [-0.2, -0.15) is 5.10 Å². The Balaban J connectivity index is 1.94. The second kappa shape index (κ2) is 6.82. The van der Waals surface area contributed by atoms with Crippen LogP contribution in [0.2, 0.25) is 0 Å². The average Bonchev–Trinajstić information content (AvgIpc) is 3.04. The molecule has 2 amide bonds. The Morgan fingerprint density at radius 3 is 2.79 bits per heavy atom. The van der Waals surface area contributed by atoms with Gasteiger partial charge < -0.3 is 10.2 Å². The third-order valence-corrected chi connectivity index (χ3v) is 4.03. The number of benzene rings is 1. The molecule has 1 atom stereocenters. The number of amides is 2. The SMILES string of the molecule is CCCn1nccc1C(=O)N1CCNC(=O)[C@H]1c1ccc(F)cc1. The van der Waals surface area contributed by atoms with Gasteiger partial charge in [-0.05, 0) is 30.2 Å². The normalized spacial score (nSPS) is 17.7. The van der Waals surface area contributed by atoms with Crippen molar-refractivity contribution in [1.29, 1.82) is 0 Å². The summed E-state index contributed by atoms with van der Waals surface area (Å²) in [5.74, 6) is -0.887. The molecule has 126 valence electrons. The van der Waals surface area contributed by atoms with Gasteiger partial charge in [0.1, 0.15) is 17.6 Å². The smallest absolute Gasteiger partial charge is 0.273 e. The Morgan fingerprint density at radius 1 is 1.33 bits per heavy atom. The van der Waals surface area contributed by atoms with Crippen LogP contribution in [-0.4, -0.2) is 39.6 Å². The molecule has 1 aromatic heterocycles. The molecule has 0 radical (unpaired) electrons. The van der Waals surface area contributed by atoms with Crippen LogP contribution in [0.5, 0.6) is 0 Å². The van der Waals surface area contributed by atoms with Crippen LogP contribution in [0.3, 0.4) is 0 Å². The second-order valence-corrected chi connectivity index (χ2v) is 5.68. The molecule has 1 aliphatic heterocycles. The first-order valence-corrected chi connectivity index (χ1v) is 7.97. The zero-order chi connectivity index (χ0) is 17.1. The maximum atomic E-state index is 13.2. The Hall–Kier alpha value is -2.70. The molecule has 2 heterocycles. The van der Waals surface area contributed by atoms with Crippen LogP contribution in [0.25, 0.3) is 0 Å².